The molecule has 0 amide bonds. The molecule has 84 valence electrons. The van der Waals surface area contributed by atoms with Crippen molar-refractivity contribution in [1.29, 1.82) is 0 Å². The standard InChI is InChI=1S/C10H8ClFN2O2/c1-15-5-2-3-6(7(12)4-5)9-8(11)10(13)14-16-9/h2-4H,1H3,(H2,13,14). The minimum absolute atomic E-state index is 0.0342. The van der Waals surface area contributed by atoms with Crippen molar-refractivity contribution in [3.63, 3.8) is 0 Å². The molecule has 0 unspecified atom stereocenters. The van der Waals surface area contributed by atoms with E-state index in [9.17, 15) is 4.39 Å². The molecule has 0 atom stereocenters. The van der Waals surface area contributed by atoms with Gasteiger partial charge in [0, 0.05) is 6.07 Å². The zero-order valence-electron chi connectivity index (χ0n) is 8.33. The molecule has 0 aliphatic heterocycles. The van der Waals surface area contributed by atoms with Gasteiger partial charge in [0.15, 0.2) is 11.6 Å². The van der Waals surface area contributed by atoms with E-state index in [1.165, 1.54) is 19.2 Å². The van der Waals surface area contributed by atoms with Crippen molar-refractivity contribution < 1.29 is 13.7 Å². The molecule has 0 radical (unpaired) electrons. The molecular weight excluding hydrogens is 235 g/mol. The van der Waals surface area contributed by atoms with Gasteiger partial charge in [-0.1, -0.05) is 16.8 Å². The van der Waals surface area contributed by atoms with E-state index in [0.717, 1.165) is 0 Å². The third-order valence-electron chi connectivity index (χ3n) is 2.08. The monoisotopic (exact) mass is 242 g/mol. The maximum atomic E-state index is 13.6. The van der Waals surface area contributed by atoms with Crippen LogP contribution in [0.15, 0.2) is 22.7 Å². The lowest BCUT2D eigenvalue weighted by Gasteiger charge is -2.02. The Balaban J connectivity index is 2.52. The number of nitrogens with two attached hydrogens (primary N) is 1. The van der Waals surface area contributed by atoms with Gasteiger partial charge in [0.25, 0.3) is 0 Å². The van der Waals surface area contributed by atoms with Gasteiger partial charge in [0.2, 0.25) is 0 Å². The highest BCUT2D eigenvalue weighted by Gasteiger charge is 2.17. The van der Waals surface area contributed by atoms with Gasteiger partial charge in [0.1, 0.15) is 16.6 Å². The van der Waals surface area contributed by atoms with E-state index in [1.807, 2.05) is 0 Å². The summed E-state index contributed by atoms with van der Waals surface area (Å²) in [5, 5.41) is 3.55. The van der Waals surface area contributed by atoms with E-state index in [-0.39, 0.29) is 22.2 Å². The van der Waals surface area contributed by atoms with Crippen LogP contribution in [0.25, 0.3) is 11.3 Å². The highest BCUT2D eigenvalue weighted by molar-refractivity contribution is 6.35. The van der Waals surface area contributed by atoms with E-state index < -0.39 is 5.82 Å². The van der Waals surface area contributed by atoms with Crippen LogP contribution in [0.5, 0.6) is 5.75 Å². The van der Waals surface area contributed by atoms with Gasteiger partial charge < -0.3 is 15.0 Å². The molecule has 4 nitrogen and oxygen atoms in total. The number of hydrogen-bond acceptors (Lipinski definition) is 4. The Bertz CT molecular complexity index is 528. The van der Waals surface area contributed by atoms with Crippen LogP contribution in [-0.2, 0) is 0 Å². The second-order valence-corrected chi connectivity index (χ2v) is 3.43. The number of benzene rings is 1. The molecule has 0 bridgehead atoms. The number of nitrogen functional groups attached to an aromatic ring is 1. The second kappa shape index (κ2) is 4.02. The third kappa shape index (κ3) is 1.69. The predicted molar refractivity (Wildman–Crippen MR) is 57.9 cm³/mol. The van der Waals surface area contributed by atoms with Gasteiger partial charge in [0.05, 0.1) is 12.7 Å². The summed E-state index contributed by atoms with van der Waals surface area (Å²) >= 11 is 5.81. The summed E-state index contributed by atoms with van der Waals surface area (Å²) in [6.45, 7) is 0. The van der Waals surface area contributed by atoms with Gasteiger partial charge in [-0.2, -0.15) is 0 Å². The van der Waals surface area contributed by atoms with E-state index in [1.54, 1.807) is 6.07 Å². The first-order valence-electron chi connectivity index (χ1n) is 4.38. The molecule has 2 aromatic rings. The molecule has 0 aliphatic carbocycles. The molecule has 0 fully saturated rings. The average Bonchev–Trinajstić information content (AvgIpc) is 2.60. The number of anilines is 1. The number of methoxy groups -OCH3 is 1. The molecule has 1 aromatic heterocycles. The smallest absolute Gasteiger partial charge is 0.190 e. The maximum Gasteiger partial charge on any atom is 0.190 e. The Labute approximate surface area is 95.7 Å². The molecule has 0 saturated carbocycles. The molecule has 16 heavy (non-hydrogen) atoms. The molecule has 0 aliphatic rings. The van der Waals surface area contributed by atoms with Crippen LogP contribution in [0, 0.1) is 5.82 Å². The normalized spacial score (nSPS) is 10.4. The van der Waals surface area contributed by atoms with Crippen molar-refractivity contribution in [2.45, 2.75) is 0 Å². The Morgan fingerprint density at radius 2 is 2.25 bits per heavy atom. The summed E-state index contributed by atoms with van der Waals surface area (Å²) in [5.74, 6) is 0.0356. The highest BCUT2D eigenvalue weighted by Crippen LogP contribution is 2.34. The topological polar surface area (TPSA) is 61.3 Å². The number of nitrogens with zero attached hydrogens (tertiary/aromatic N) is 1. The van der Waals surface area contributed by atoms with Crippen molar-refractivity contribution in [2.24, 2.45) is 0 Å². The van der Waals surface area contributed by atoms with Crippen LogP contribution in [-0.4, -0.2) is 12.3 Å². The molecule has 2 N–H and O–H groups in total. The SMILES string of the molecule is COc1ccc(-c2onc(N)c2Cl)c(F)c1. The predicted octanol–water partition coefficient (Wildman–Crippen LogP) is 2.72. The van der Waals surface area contributed by atoms with Crippen LogP contribution < -0.4 is 10.5 Å². The summed E-state index contributed by atoms with van der Waals surface area (Å²) in [4.78, 5) is 0. The van der Waals surface area contributed by atoms with Crippen molar-refractivity contribution >= 4 is 17.4 Å². The van der Waals surface area contributed by atoms with Crippen LogP contribution in [0.1, 0.15) is 0 Å². The summed E-state index contributed by atoms with van der Waals surface area (Å²) < 4.78 is 23.4. The number of hydrogen-bond donors (Lipinski definition) is 1. The Morgan fingerprint density at radius 3 is 2.75 bits per heavy atom. The zero-order chi connectivity index (χ0) is 11.7. The maximum absolute atomic E-state index is 13.6. The summed E-state index contributed by atoms with van der Waals surface area (Å²) in [6, 6.07) is 4.30. The van der Waals surface area contributed by atoms with Crippen LogP contribution in [0.2, 0.25) is 5.02 Å². The molecule has 0 spiro atoms. The Kier molecular flexibility index (Phi) is 2.70. The van der Waals surface area contributed by atoms with Gasteiger partial charge in [-0.15, -0.1) is 0 Å². The van der Waals surface area contributed by atoms with Crippen LogP contribution in [0.3, 0.4) is 0 Å². The largest absolute Gasteiger partial charge is 0.497 e. The molecular formula is C10H8ClFN2O2. The minimum Gasteiger partial charge on any atom is -0.497 e. The highest BCUT2D eigenvalue weighted by atomic mass is 35.5. The molecule has 6 heteroatoms. The summed E-state index contributed by atoms with van der Waals surface area (Å²) in [5.41, 5.74) is 5.59. The summed E-state index contributed by atoms with van der Waals surface area (Å²) in [7, 11) is 1.45. The molecule has 0 saturated heterocycles. The van der Waals surface area contributed by atoms with Gasteiger partial charge >= 0.3 is 0 Å². The zero-order valence-corrected chi connectivity index (χ0v) is 9.08. The first-order valence-corrected chi connectivity index (χ1v) is 4.76. The minimum atomic E-state index is -0.516. The fourth-order valence-electron chi connectivity index (χ4n) is 1.27. The Morgan fingerprint density at radius 1 is 1.50 bits per heavy atom. The average molecular weight is 243 g/mol. The third-order valence-corrected chi connectivity index (χ3v) is 2.45. The first kappa shape index (κ1) is 10.8. The quantitative estimate of drug-likeness (QED) is 0.880. The fourth-order valence-corrected chi connectivity index (χ4v) is 1.44. The lowest BCUT2D eigenvalue weighted by molar-refractivity contribution is 0.410. The number of rotatable bonds is 2. The molecule has 1 aromatic carbocycles. The van der Waals surface area contributed by atoms with Crippen LogP contribution in [0.4, 0.5) is 10.2 Å². The summed E-state index contributed by atoms with van der Waals surface area (Å²) in [6.07, 6.45) is 0. The Hall–Kier alpha value is -1.75. The van der Waals surface area contributed by atoms with Gasteiger partial charge in [-0.25, -0.2) is 4.39 Å². The van der Waals surface area contributed by atoms with Gasteiger partial charge in [-0.05, 0) is 12.1 Å². The van der Waals surface area contributed by atoms with E-state index in [4.69, 9.17) is 26.6 Å². The van der Waals surface area contributed by atoms with E-state index >= 15 is 0 Å². The van der Waals surface area contributed by atoms with E-state index in [0.29, 0.717) is 5.75 Å². The van der Waals surface area contributed by atoms with E-state index in [2.05, 4.69) is 5.16 Å². The van der Waals surface area contributed by atoms with Crippen molar-refractivity contribution in [3.8, 4) is 17.1 Å². The van der Waals surface area contributed by atoms with Crippen LogP contribution >= 0.6 is 11.6 Å². The lowest BCUT2D eigenvalue weighted by atomic mass is 10.1. The number of aromatic nitrogens is 1. The number of halogens is 2. The fraction of sp³-hybridized carbons (Fsp3) is 0.100. The molecule has 2 rings (SSSR count). The second-order valence-electron chi connectivity index (χ2n) is 3.06. The molecule has 1 heterocycles. The van der Waals surface area contributed by atoms with Crippen molar-refractivity contribution in [1.82, 2.24) is 5.16 Å². The van der Waals surface area contributed by atoms with Gasteiger partial charge in [-0.3, -0.25) is 0 Å². The first-order chi connectivity index (χ1) is 7.63. The lowest BCUT2D eigenvalue weighted by Crippen LogP contribution is -1.88. The number of ether oxygens (including phenoxy) is 1. The van der Waals surface area contributed by atoms with Crippen molar-refractivity contribution in [3.05, 3.63) is 29.0 Å². The van der Waals surface area contributed by atoms with Crippen molar-refractivity contribution in [2.75, 3.05) is 12.8 Å².